The monoisotopic (exact) mass is 377 g/mol. The van der Waals surface area contributed by atoms with E-state index < -0.39 is 36.4 Å². The summed E-state index contributed by atoms with van der Waals surface area (Å²) in [6.07, 6.45) is 0.963. The van der Waals surface area contributed by atoms with E-state index in [2.05, 4.69) is 15.6 Å². The van der Waals surface area contributed by atoms with Gasteiger partial charge in [0.1, 0.15) is 12.6 Å². The van der Waals surface area contributed by atoms with Crippen molar-refractivity contribution in [1.29, 1.82) is 0 Å². The van der Waals surface area contributed by atoms with Gasteiger partial charge >= 0.3 is 5.97 Å². The van der Waals surface area contributed by atoms with Crippen molar-refractivity contribution in [2.75, 3.05) is 13.1 Å². The lowest BCUT2D eigenvalue weighted by atomic mass is 10.0. The average molecular weight is 377 g/mol. The normalized spacial score (nSPS) is 13.4. The zero-order valence-electron chi connectivity index (χ0n) is 14.9. The van der Waals surface area contributed by atoms with Crippen LogP contribution in [0.4, 0.5) is 0 Å². The molecule has 0 aliphatic rings. The molecule has 2 atom stereocenters. The molecule has 2 amide bonds. The highest BCUT2D eigenvalue weighted by Crippen LogP contribution is 2.05. The van der Waals surface area contributed by atoms with Crippen molar-refractivity contribution in [3.63, 3.8) is 0 Å². The van der Waals surface area contributed by atoms with Gasteiger partial charge in [0.2, 0.25) is 17.8 Å². The minimum Gasteiger partial charge on any atom is -0.480 e. The third-order valence-electron chi connectivity index (χ3n) is 3.62. The second-order valence-electron chi connectivity index (χ2n) is 5.88. The van der Waals surface area contributed by atoms with E-state index in [1.807, 2.05) is 6.07 Å². The van der Waals surface area contributed by atoms with Gasteiger partial charge in [0.05, 0.1) is 6.04 Å². The molecular formula is C17H25N6O4. The smallest absolute Gasteiger partial charge is 0.322 e. The molecular weight excluding hydrogens is 352 g/mol. The van der Waals surface area contributed by atoms with Crippen LogP contribution in [0.2, 0.25) is 0 Å². The van der Waals surface area contributed by atoms with Crippen molar-refractivity contribution in [2.24, 2.45) is 16.5 Å². The number of aliphatic carboxylic acids is 1. The standard InChI is InChI=1S/C17H25N6O4/c18-12(7-4-8-21-17(19)20)15(26)23-13(16(27)22-10-14(24)25)9-11-5-2-1-3-6-11/h1-3,5-6,12-13,19H,4,7-10,18H2,(H2,20,21)(H,22,27)(H,23,26)(H,24,25). The molecule has 10 heteroatoms. The van der Waals surface area contributed by atoms with E-state index in [-0.39, 0.29) is 18.9 Å². The van der Waals surface area contributed by atoms with Crippen LogP contribution in [-0.2, 0) is 20.8 Å². The molecule has 0 fully saturated rings. The minimum absolute atomic E-state index is 0.199. The molecule has 0 aromatic heterocycles. The largest absolute Gasteiger partial charge is 0.480 e. The van der Waals surface area contributed by atoms with Crippen LogP contribution in [0, 0.1) is 0 Å². The van der Waals surface area contributed by atoms with Crippen LogP contribution in [0.25, 0.3) is 0 Å². The van der Waals surface area contributed by atoms with Gasteiger partial charge in [-0.05, 0) is 18.4 Å². The van der Waals surface area contributed by atoms with Crippen molar-refractivity contribution in [1.82, 2.24) is 16.4 Å². The first-order valence-corrected chi connectivity index (χ1v) is 8.40. The summed E-state index contributed by atoms with van der Waals surface area (Å²) in [5, 5.41) is 13.5. The van der Waals surface area contributed by atoms with Gasteiger partial charge in [0.15, 0.2) is 0 Å². The van der Waals surface area contributed by atoms with Crippen LogP contribution < -0.4 is 27.8 Å². The maximum atomic E-state index is 12.3. The molecule has 0 aliphatic carbocycles. The number of carboxylic acid groups (broad SMARTS) is 1. The predicted molar refractivity (Wildman–Crippen MR) is 99.5 cm³/mol. The maximum Gasteiger partial charge on any atom is 0.322 e. The Morgan fingerprint density at radius 3 is 2.44 bits per heavy atom. The minimum atomic E-state index is -1.18. The molecule has 10 nitrogen and oxygen atoms in total. The zero-order valence-corrected chi connectivity index (χ0v) is 14.9. The van der Waals surface area contributed by atoms with Crippen molar-refractivity contribution in [3.05, 3.63) is 35.9 Å². The molecule has 1 aromatic rings. The highest BCUT2D eigenvalue weighted by atomic mass is 16.4. The number of carbonyl (C=O) groups excluding carboxylic acids is 2. The molecule has 27 heavy (non-hydrogen) atoms. The summed E-state index contributed by atoms with van der Waals surface area (Å²) in [6, 6.07) is 7.20. The van der Waals surface area contributed by atoms with Crippen molar-refractivity contribution in [2.45, 2.75) is 31.3 Å². The van der Waals surface area contributed by atoms with Crippen molar-refractivity contribution >= 4 is 23.7 Å². The number of hydrogen-bond acceptors (Lipinski definition) is 5. The Morgan fingerprint density at radius 2 is 1.85 bits per heavy atom. The van der Waals surface area contributed by atoms with Crippen LogP contribution >= 0.6 is 0 Å². The number of benzene rings is 1. The highest BCUT2D eigenvalue weighted by molar-refractivity contribution is 5.91. The summed E-state index contributed by atoms with van der Waals surface area (Å²) >= 11 is 0. The third-order valence-corrected chi connectivity index (χ3v) is 3.62. The van der Waals surface area contributed by atoms with E-state index in [4.69, 9.17) is 22.3 Å². The summed E-state index contributed by atoms with van der Waals surface area (Å²) in [6.45, 7) is -0.262. The fourth-order valence-corrected chi connectivity index (χ4v) is 2.27. The van der Waals surface area contributed by atoms with Gasteiger partial charge in [-0.3, -0.25) is 25.1 Å². The Morgan fingerprint density at radius 1 is 1.19 bits per heavy atom. The van der Waals surface area contributed by atoms with E-state index in [0.29, 0.717) is 12.8 Å². The number of nitrogens with two attached hydrogens (primary N) is 2. The molecule has 1 rings (SSSR count). The molecule has 2 unspecified atom stereocenters. The summed E-state index contributed by atoms with van der Waals surface area (Å²) < 4.78 is 0. The van der Waals surface area contributed by atoms with Crippen molar-refractivity contribution in [3.8, 4) is 0 Å². The summed E-state index contributed by atoms with van der Waals surface area (Å²) in [5.74, 6) is -2.59. The Kier molecular flexibility index (Phi) is 9.30. The molecule has 0 saturated carbocycles. The van der Waals surface area contributed by atoms with E-state index in [1.165, 1.54) is 0 Å². The average Bonchev–Trinajstić information content (AvgIpc) is 2.63. The number of nitrogens with zero attached hydrogens (tertiary/aromatic N) is 1. The van der Waals surface area contributed by atoms with Gasteiger partial charge in [-0.15, -0.1) is 0 Å². The van der Waals surface area contributed by atoms with Crippen LogP contribution in [0.15, 0.2) is 35.3 Å². The lowest BCUT2D eigenvalue weighted by molar-refractivity contribution is -0.138. The van der Waals surface area contributed by atoms with Gasteiger partial charge in [-0.25, -0.2) is 0 Å². The quantitative estimate of drug-likeness (QED) is 0.180. The fraction of sp³-hybridized carbons (Fsp3) is 0.412. The van der Waals surface area contributed by atoms with Crippen molar-refractivity contribution < 1.29 is 19.5 Å². The summed E-state index contributed by atoms with van der Waals surface area (Å²) in [7, 11) is 0. The molecule has 147 valence electrons. The van der Waals surface area contributed by atoms with E-state index in [1.54, 1.807) is 24.3 Å². The van der Waals surface area contributed by atoms with Crippen LogP contribution in [-0.4, -0.2) is 54.0 Å². The number of aliphatic imine (C=N–C) groups is 1. The van der Waals surface area contributed by atoms with Crippen LogP contribution in [0.5, 0.6) is 0 Å². The molecule has 0 spiro atoms. The first-order valence-electron chi connectivity index (χ1n) is 8.40. The number of carboxylic acids is 1. The van der Waals surface area contributed by atoms with E-state index in [9.17, 15) is 14.4 Å². The number of hydrogen-bond donors (Lipinski definition) is 5. The first-order chi connectivity index (χ1) is 12.8. The van der Waals surface area contributed by atoms with E-state index >= 15 is 0 Å². The Labute approximate surface area is 157 Å². The molecule has 1 aromatic carbocycles. The van der Waals surface area contributed by atoms with E-state index in [0.717, 1.165) is 5.56 Å². The third kappa shape index (κ3) is 9.21. The Bertz CT molecular complexity index is 661. The number of amides is 2. The van der Waals surface area contributed by atoms with Crippen LogP contribution in [0.3, 0.4) is 0 Å². The topological polar surface area (TPSA) is 184 Å². The van der Waals surface area contributed by atoms with Gasteiger partial charge in [-0.2, -0.15) is 0 Å². The Balaban J connectivity index is 2.68. The Hall–Kier alpha value is -3.14. The number of guanidine groups is 1. The predicted octanol–water partition coefficient (Wildman–Crippen LogP) is -1.38. The number of nitrogens with one attached hydrogen (secondary N) is 3. The van der Waals surface area contributed by atoms with Gasteiger partial charge < -0.3 is 27.2 Å². The fourth-order valence-electron chi connectivity index (χ4n) is 2.27. The molecule has 8 N–H and O–H groups in total. The SMILES string of the molecule is [NH]C(N)=NCCCC(N)C(=O)NC(Cc1ccccc1)C(=O)NCC(=O)O. The lowest BCUT2D eigenvalue weighted by Gasteiger charge is -2.20. The molecule has 0 saturated heterocycles. The molecule has 0 aliphatic heterocycles. The second-order valence-corrected chi connectivity index (χ2v) is 5.88. The van der Waals surface area contributed by atoms with Gasteiger partial charge in [-0.1, -0.05) is 30.3 Å². The first kappa shape index (κ1) is 21.9. The van der Waals surface area contributed by atoms with Crippen LogP contribution in [0.1, 0.15) is 18.4 Å². The van der Waals surface area contributed by atoms with Gasteiger partial charge in [0.25, 0.3) is 0 Å². The summed E-state index contributed by atoms with van der Waals surface area (Å²) in [5.41, 5.74) is 18.7. The lowest BCUT2D eigenvalue weighted by Crippen LogP contribution is -2.53. The number of carbonyl (C=O) groups is 3. The maximum absolute atomic E-state index is 12.3. The van der Waals surface area contributed by atoms with Gasteiger partial charge in [0, 0.05) is 13.0 Å². The number of rotatable bonds is 11. The molecule has 0 bridgehead atoms. The molecule has 0 heterocycles. The molecule has 1 radical (unpaired) electrons. The highest BCUT2D eigenvalue weighted by Gasteiger charge is 2.24. The zero-order chi connectivity index (χ0) is 20.2. The second kappa shape index (κ2) is 11.5. The summed E-state index contributed by atoms with van der Waals surface area (Å²) in [4.78, 5) is 38.9.